The molecule has 1 aromatic carbocycles. The second-order valence-electron chi connectivity index (χ2n) is 12.2. The van der Waals surface area contributed by atoms with E-state index in [1.165, 1.54) is 23.9 Å². The van der Waals surface area contributed by atoms with E-state index in [2.05, 4.69) is 22.1 Å². The smallest absolute Gasteiger partial charge is 0.421 e. The zero-order valence-electron chi connectivity index (χ0n) is 26.3. The van der Waals surface area contributed by atoms with Crippen molar-refractivity contribution in [3.63, 3.8) is 0 Å². The number of nitrogens with zero attached hydrogens (tertiary/aromatic N) is 5. The molecule has 2 aromatic heterocycles. The quantitative estimate of drug-likeness (QED) is 0.217. The van der Waals surface area contributed by atoms with E-state index in [1.807, 2.05) is 0 Å². The second kappa shape index (κ2) is 14.3. The molecule has 2 aliphatic carbocycles. The number of amides is 1. The van der Waals surface area contributed by atoms with Crippen molar-refractivity contribution in [2.45, 2.75) is 70.1 Å². The molecule has 2 aliphatic rings. The van der Waals surface area contributed by atoms with Gasteiger partial charge < -0.3 is 24.2 Å². The van der Waals surface area contributed by atoms with Crippen molar-refractivity contribution in [1.82, 2.24) is 20.0 Å². The first kappa shape index (κ1) is 34.2. The number of hydrogen-bond acceptors (Lipinski definition) is 8. The van der Waals surface area contributed by atoms with E-state index in [4.69, 9.17) is 14.2 Å². The first-order chi connectivity index (χ1) is 22.4. The van der Waals surface area contributed by atoms with Crippen molar-refractivity contribution >= 4 is 17.6 Å². The van der Waals surface area contributed by atoms with Crippen LogP contribution in [0.25, 0.3) is 0 Å². The Morgan fingerprint density at radius 1 is 1.04 bits per heavy atom. The van der Waals surface area contributed by atoms with E-state index in [1.54, 1.807) is 6.20 Å². The predicted molar refractivity (Wildman–Crippen MR) is 160 cm³/mol. The summed E-state index contributed by atoms with van der Waals surface area (Å²) < 4.78 is 74.2. The van der Waals surface area contributed by atoms with Crippen molar-refractivity contribution in [3.8, 4) is 11.6 Å². The van der Waals surface area contributed by atoms with E-state index in [0.717, 1.165) is 55.8 Å². The molecule has 0 aliphatic heterocycles. The number of pyridine rings is 1. The molecular weight excluding hydrogens is 626 g/mol. The van der Waals surface area contributed by atoms with Crippen LogP contribution in [0.4, 0.5) is 23.2 Å². The van der Waals surface area contributed by atoms with Crippen molar-refractivity contribution in [2.75, 3.05) is 32.3 Å². The molecule has 254 valence electrons. The third-order valence-electron chi connectivity index (χ3n) is 8.52. The van der Waals surface area contributed by atoms with Gasteiger partial charge in [-0.2, -0.15) is 28.2 Å². The van der Waals surface area contributed by atoms with Crippen LogP contribution in [0.1, 0.15) is 78.5 Å². The molecule has 47 heavy (non-hydrogen) atoms. The van der Waals surface area contributed by atoms with E-state index in [0.29, 0.717) is 24.7 Å². The van der Waals surface area contributed by atoms with Gasteiger partial charge in [0.05, 0.1) is 48.9 Å². The fourth-order valence-corrected chi connectivity index (χ4v) is 5.86. The lowest BCUT2D eigenvalue weighted by atomic mass is 9.82. The third kappa shape index (κ3) is 8.07. The van der Waals surface area contributed by atoms with Crippen LogP contribution in [0.2, 0.25) is 0 Å². The molecule has 11 nitrogen and oxygen atoms in total. The summed E-state index contributed by atoms with van der Waals surface area (Å²) in [5, 5.41) is 18.6. The lowest BCUT2D eigenvalue weighted by Gasteiger charge is -2.36. The zero-order valence-corrected chi connectivity index (χ0v) is 26.3. The number of carboxylic acid groups (broad SMARTS) is 1. The highest BCUT2D eigenvalue weighted by molar-refractivity contribution is 6.03. The summed E-state index contributed by atoms with van der Waals surface area (Å²) in [6, 6.07) is 1.52. The molecule has 2 fully saturated rings. The maximum atomic E-state index is 15.8. The van der Waals surface area contributed by atoms with Crippen LogP contribution in [-0.4, -0.2) is 70.4 Å². The molecule has 0 spiro atoms. The average molecular weight is 664 g/mol. The van der Waals surface area contributed by atoms with E-state index in [9.17, 15) is 27.9 Å². The minimum Gasteiger partial charge on any atom is -0.478 e. The number of carboxylic acids is 1. The Bertz CT molecular complexity index is 1580. The van der Waals surface area contributed by atoms with Gasteiger partial charge in [0.15, 0.2) is 11.6 Å². The van der Waals surface area contributed by atoms with Gasteiger partial charge in [-0.25, -0.2) is 14.2 Å². The number of anilines is 1. The standard InChI is InChI=1S/C32H37F4N5O6/c1-18-4-6-21(7-5-18)30(42)41(22(16-45-2)17-46-3)27-12-25(33)28(11-23(27)31(43)44)47-29-24(32(34,35)36)10-19(13-37-29)15-40-38-14-26(39-40)20-8-9-20/h10-14,18,20-22H,4-9,15-17H2,1-3H3,(H,43,44)/t18-,21-. The molecule has 5 rings (SSSR count). The first-order valence-corrected chi connectivity index (χ1v) is 15.4. The maximum Gasteiger partial charge on any atom is 0.421 e. The molecule has 1 N–H and O–H groups in total. The van der Waals surface area contributed by atoms with Gasteiger partial charge in [0.25, 0.3) is 0 Å². The normalized spacial score (nSPS) is 18.4. The van der Waals surface area contributed by atoms with Crippen LogP contribution in [0.15, 0.2) is 30.6 Å². The lowest BCUT2D eigenvalue weighted by molar-refractivity contribution is -0.139. The van der Waals surface area contributed by atoms with Gasteiger partial charge in [-0.1, -0.05) is 6.92 Å². The molecule has 0 bridgehead atoms. The summed E-state index contributed by atoms with van der Waals surface area (Å²) in [5.41, 5.74) is -1.25. The minimum absolute atomic E-state index is 0.0528. The number of carbonyl (C=O) groups excluding carboxylic acids is 1. The molecule has 1 amide bonds. The third-order valence-corrected chi connectivity index (χ3v) is 8.52. The number of halogens is 4. The Kier molecular flexibility index (Phi) is 10.4. The Hall–Kier alpha value is -4.11. The Morgan fingerprint density at radius 2 is 1.72 bits per heavy atom. The number of ether oxygens (including phenoxy) is 3. The summed E-state index contributed by atoms with van der Waals surface area (Å²) in [4.78, 5) is 32.7. The van der Waals surface area contributed by atoms with Crippen molar-refractivity contribution in [1.29, 1.82) is 0 Å². The fraction of sp³-hybridized carbons (Fsp3) is 0.531. The molecule has 2 saturated carbocycles. The molecule has 2 heterocycles. The summed E-state index contributed by atoms with van der Waals surface area (Å²) in [6.07, 6.45) is 2.45. The summed E-state index contributed by atoms with van der Waals surface area (Å²) in [7, 11) is 2.80. The fourth-order valence-electron chi connectivity index (χ4n) is 5.86. The summed E-state index contributed by atoms with van der Waals surface area (Å²) in [6.45, 7) is 1.89. The summed E-state index contributed by atoms with van der Waals surface area (Å²) in [5.74, 6) is -4.66. The van der Waals surface area contributed by atoms with Crippen LogP contribution in [0, 0.1) is 17.7 Å². The molecule has 3 aromatic rings. The highest BCUT2D eigenvalue weighted by Crippen LogP contribution is 2.41. The van der Waals surface area contributed by atoms with Gasteiger partial charge in [-0.05, 0) is 56.1 Å². The molecule has 0 saturated heterocycles. The van der Waals surface area contributed by atoms with Gasteiger partial charge in [0.1, 0.15) is 5.56 Å². The monoisotopic (exact) mass is 663 g/mol. The number of aromatic nitrogens is 4. The minimum atomic E-state index is -4.95. The molecule has 0 radical (unpaired) electrons. The van der Waals surface area contributed by atoms with Gasteiger partial charge in [-0.15, -0.1) is 0 Å². The van der Waals surface area contributed by atoms with Gasteiger partial charge in [-0.3, -0.25) is 4.79 Å². The van der Waals surface area contributed by atoms with Crippen molar-refractivity contribution in [2.24, 2.45) is 11.8 Å². The highest BCUT2D eigenvalue weighted by atomic mass is 19.4. The molecule has 0 unspecified atom stereocenters. The number of carbonyl (C=O) groups is 2. The Balaban J connectivity index is 1.49. The number of rotatable bonds is 13. The molecule has 0 atom stereocenters. The Labute approximate surface area is 268 Å². The lowest BCUT2D eigenvalue weighted by Crippen LogP contribution is -2.49. The first-order valence-electron chi connectivity index (χ1n) is 15.4. The van der Waals surface area contributed by atoms with Gasteiger partial charge >= 0.3 is 12.1 Å². The van der Waals surface area contributed by atoms with E-state index >= 15 is 4.39 Å². The zero-order chi connectivity index (χ0) is 33.9. The largest absolute Gasteiger partial charge is 0.478 e. The molecular formula is C32H37F4N5O6. The highest BCUT2D eigenvalue weighted by Gasteiger charge is 2.38. The van der Waals surface area contributed by atoms with E-state index < -0.39 is 58.6 Å². The topological polar surface area (TPSA) is 129 Å². The Morgan fingerprint density at radius 3 is 2.32 bits per heavy atom. The number of aromatic carboxylic acids is 1. The second-order valence-corrected chi connectivity index (χ2v) is 12.2. The van der Waals surface area contributed by atoms with Crippen molar-refractivity contribution < 1.29 is 46.5 Å². The average Bonchev–Trinajstić information content (AvgIpc) is 3.77. The maximum absolute atomic E-state index is 15.8. The number of hydrogen-bond donors (Lipinski definition) is 1. The van der Waals surface area contributed by atoms with Crippen LogP contribution in [-0.2, 0) is 27.0 Å². The van der Waals surface area contributed by atoms with Gasteiger partial charge in [0, 0.05) is 44.4 Å². The van der Waals surface area contributed by atoms with Gasteiger partial charge in [0.2, 0.25) is 11.8 Å². The number of alkyl halides is 3. The predicted octanol–water partition coefficient (Wildman–Crippen LogP) is 6.07. The number of benzene rings is 1. The SMILES string of the molecule is COCC(COC)N(c1cc(F)c(Oc2ncc(Cn3ncc(C4CC4)n3)cc2C(F)(F)F)cc1C(=O)O)C(=O)[C@H]1CC[C@H](C)CC1. The summed E-state index contributed by atoms with van der Waals surface area (Å²) >= 11 is 0. The van der Waals surface area contributed by atoms with Crippen LogP contribution >= 0.6 is 0 Å². The molecule has 15 heteroatoms. The van der Waals surface area contributed by atoms with Crippen LogP contribution < -0.4 is 9.64 Å². The van der Waals surface area contributed by atoms with Crippen LogP contribution in [0.3, 0.4) is 0 Å². The van der Waals surface area contributed by atoms with Crippen LogP contribution in [0.5, 0.6) is 11.6 Å². The van der Waals surface area contributed by atoms with Crippen molar-refractivity contribution in [3.05, 3.63) is 58.8 Å². The van der Waals surface area contributed by atoms with E-state index in [-0.39, 0.29) is 31.0 Å². The number of methoxy groups -OCH3 is 2.